The van der Waals surface area contributed by atoms with Crippen LogP contribution >= 0.6 is 0 Å². The Kier molecular flexibility index (Phi) is 3.49. The number of rotatable bonds is 4. The monoisotopic (exact) mass is 230 g/mol. The van der Waals surface area contributed by atoms with Crippen molar-refractivity contribution in [1.29, 1.82) is 0 Å². The average Bonchev–Trinajstić information content (AvgIpc) is 2.83. The molecule has 0 fully saturated rings. The van der Waals surface area contributed by atoms with Crippen LogP contribution in [-0.2, 0) is 11.3 Å². The first kappa shape index (κ1) is 11.3. The highest BCUT2D eigenvalue weighted by molar-refractivity contribution is 5.90. The highest BCUT2D eigenvalue weighted by Gasteiger charge is 2.02. The van der Waals surface area contributed by atoms with Crippen molar-refractivity contribution in [3.05, 3.63) is 42.5 Å². The number of hydrogen-bond acceptors (Lipinski definition) is 3. The number of anilines is 1. The molecule has 1 aromatic carbocycles. The van der Waals surface area contributed by atoms with Gasteiger partial charge >= 0.3 is 0 Å². The van der Waals surface area contributed by atoms with Crippen LogP contribution in [0.15, 0.2) is 36.9 Å². The number of hydrogen-bond donors (Lipinski definition) is 1. The number of carbonyl (C=O) groups is 1. The molecule has 0 saturated carbocycles. The Balaban J connectivity index is 1.83. The predicted molar refractivity (Wildman–Crippen MR) is 64.4 cm³/mol. The minimum Gasteiger partial charge on any atom is -0.326 e. The number of aryl methyl sites for hydroxylation is 2. The predicted octanol–water partition coefficient (Wildman–Crippen LogP) is 1.62. The third-order valence-corrected chi connectivity index (χ3v) is 2.37. The lowest BCUT2D eigenvalue weighted by atomic mass is 10.2. The fourth-order valence-electron chi connectivity index (χ4n) is 1.42. The summed E-state index contributed by atoms with van der Waals surface area (Å²) < 4.78 is 1.63. The Bertz CT molecular complexity index is 476. The van der Waals surface area contributed by atoms with Crippen LogP contribution in [0.2, 0.25) is 0 Å². The maximum atomic E-state index is 11.6. The van der Waals surface area contributed by atoms with Gasteiger partial charge in [0.05, 0.1) is 6.54 Å². The van der Waals surface area contributed by atoms with Crippen molar-refractivity contribution >= 4 is 11.6 Å². The van der Waals surface area contributed by atoms with Gasteiger partial charge in [-0.2, -0.15) is 5.10 Å². The zero-order chi connectivity index (χ0) is 12.1. The van der Waals surface area contributed by atoms with Crippen LogP contribution < -0.4 is 5.32 Å². The van der Waals surface area contributed by atoms with Gasteiger partial charge in [-0.25, -0.2) is 4.98 Å². The van der Waals surface area contributed by atoms with Crippen molar-refractivity contribution < 1.29 is 4.79 Å². The van der Waals surface area contributed by atoms with Gasteiger partial charge in [-0.3, -0.25) is 9.48 Å². The molecule has 0 atom stereocenters. The molecule has 0 spiro atoms. The topological polar surface area (TPSA) is 59.8 Å². The third-order valence-electron chi connectivity index (χ3n) is 2.37. The summed E-state index contributed by atoms with van der Waals surface area (Å²) in [6, 6.07) is 7.71. The molecular weight excluding hydrogens is 216 g/mol. The first-order valence-electron chi connectivity index (χ1n) is 5.43. The minimum atomic E-state index is -0.0237. The van der Waals surface area contributed by atoms with E-state index >= 15 is 0 Å². The summed E-state index contributed by atoms with van der Waals surface area (Å²) >= 11 is 0. The minimum absolute atomic E-state index is 0.0237. The number of aromatic nitrogens is 3. The van der Waals surface area contributed by atoms with E-state index in [2.05, 4.69) is 15.4 Å². The molecule has 0 aliphatic heterocycles. The largest absolute Gasteiger partial charge is 0.326 e. The normalized spacial score (nSPS) is 10.2. The molecule has 5 nitrogen and oxygen atoms in total. The number of amides is 1. The molecule has 0 aliphatic rings. The van der Waals surface area contributed by atoms with Crippen molar-refractivity contribution in [3.8, 4) is 0 Å². The molecule has 0 saturated heterocycles. The molecule has 17 heavy (non-hydrogen) atoms. The summed E-state index contributed by atoms with van der Waals surface area (Å²) in [5.74, 6) is -0.0237. The van der Waals surface area contributed by atoms with E-state index < -0.39 is 0 Å². The van der Waals surface area contributed by atoms with Gasteiger partial charge in [0.2, 0.25) is 5.91 Å². The third kappa shape index (κ3) is 3.41. The highest BCUT2D eigenvalue weighted by atomic mass is 16.1. The molecule has 5 heteroatoms. The van der Waals surface area contributed by atoms with Crippen LogP contribution in [0.5, 0.6) is 0 Å². The SMILES string of the molecule is Cc1ccc(NC(=O)CCn2cncn2)cc1. The number of nitrogens with zero attached hydrogens (tertiary/aromatic N) is 3. The molecule has 0 radical (unpaired) electrons. The maximum Gasteiger partial charge on any atom is 0.226 e. The second-order valence-corrected chi connectivity index (χ2v) is 3.82. The molecule has 1 N–H and O–H groups in total. The molecule has 0 bridgehead atoms. The Morgan fingerprint density at radius 1 is 1.35 bits per heavy atom. The average molecular weight is 230 g/mol. The van der Waals surface area contributed by atoms with Crippen molar-refractivity contribution in [1.82, 2.24) is 14.8 Å². The number of carbonyl (C=O) groups excluding carboxylic acids is 1. The van der Waals surface area contributed by atoms with Gasteiger partial charge in [-0.1, -0.05) is 17.7 Å². The van der Waals surface area contributed by atoms with Crippen molar-refractivity contribution in [3.63, 3.8) is 0 Å². The van der Waals surface area contributed by atoms with Gasteiger partial charge in [0.15, 0.2) is 0 Å². The quantitative estimate of drug-likeness (QED) is 0.868. The van der Waals surface area contributed by atoms with Gasteiger partial charge < -0.3 is 5.32 Å². The summed E-state index contributed by atoms with van der Waals surface area (Å²) in [5.41, 5.74) is 1.99. The zero-order valence-corrected chi connectivity index (χ0v) is 9.63. The number of benzene rings is 1. The van der Waals surface area contributed by atoms with Crippen LogP contribution in [-0.4, -0.2) is 20.7 Å². The molecule has 1 heterocycles. The molecule has 1 amide bonds. The van der Waals surface area contributed by atoms with Crippen molar-refractivity contribution in [2.45, 2.75) is 19.9 Å². The second-order valence-electron chi connectivity index (χ2n) is 3.82. The second kappa shape index (κ2) is 5.25. The molecule has 1 aromatic heterocycles. The van der Waals surface area contributed by atoms with Gasteiger partial charge in [-0.15, -0.1) is 0 Å². The van der Waals surface area contributed by atoms with Crippen LogP contribution in [0.1, 0.15) is 12.0 Å². The lowest BCUT2D eigenvalue weighted by Crippen LogP contribution is -2.14. The van der Waals surface area contributed by atoms with E-state index in [9.17, 15) is 4.79 Å². The van der Waals surface area contributed by atoms with Crippen LogP contribution in [0, 0.1) is 6.92 Å². The molecule has 0 unspecified atom stereocenters. The molecule has 0 aliphatic carbocycles. The standard InChI is InChI=1S/C12H14N4O/c1-10-2-4-11(5-3-10)15-12(17)6-7-16-9-13-8-14-16/h2-5,8-9H,6-7H2,1H3,(H,15,17). The fourth-order valence-corrected chi connectivity index (χ4v) is 1.42. The smallest absolute Gasteiger partial charge is 0.226 e. The summed E-state index contributed by atoms with van der Waals surface area (Å²) in [6.45, 7) is 2.55. The first-order valence-corrected chi connectivity index (χ1v) is 5.43. The zero-order valence-electron chi connectivity index (χ0n) is 9.63. The van der Waals surface area contributed by atoms with Gasteiger partial charge in [0.1, 0.15) is 12.7 Å². The van der Waals surface area contributed by atoms with E-state index in [0.29, 0.717) is 13.0 Å². The maximum absolute atomic E-state index is 11.6. The molecule has 88 valence electrons. The van der Waals surface area contributed by atoms with Crippen molar-refractivity contribution in [2.24, 2.45) is 0 Å². The van der Waals surface area contributed by atoms with E-state index in [4.69, 9.17) is 0 Å². The molecular formula is C12H14N4O. The van der Waals surface area contributed by atoms with E-state index in [0.717, 1.165) is 5.69 Å². The first-order chi connectivity index (χ1) is 8.24. The Morgan fingerprint density at radius 2 is 2.12 bits per heavy atom. The Hall–Kier alpha value is -2.17. The summed E-state index contributed by atoms with van der Waals surface area (Å²) in [4.78, 5) is 15.4. The van der Waals surface area contributed by atoms with E-state index in [1.54, 1.807) is 11.0 Å². The Morgan fingerprint density at radius 3 is 2.76 bits per heavy atom. The Labute approximate surface area is 99.5 Å². The van der Waals surface area contributed by atoms with Crippen LogP contribution in [0.25, 0.3) is 0 Å². The lowest BCUT2D eigenvalue weighted by molar-refractivity contribution is -0.116. The lowest BCUT2D eigenvalue weighted by Gasteiger charge is -2.05. The molecule has 2 aromatic rings. The summed E-state index contributed by atoms with van der Waals surface area (Å²) in [5, 5.41) is 6.76. The van der Waals surface area contributed by atoms with Crippen LogP contribution in [0.4, 0.5) is 5.69 Å². The van der Waals surface area contributed by atoms with Crippen LogP contribution in [0.3, 0.4) is 0 Å². The molecule has 2 rings (SSSR count). The van der Waals surface area contributed by atoms with Gasteiger partial charge in [0.25, 0.3) is 0 Å². The van der Waals surface area contributed by atoms with E-state index in [1.807, 2.05) is 31.2 Å². The van der Waals surface area contributed by atoms with E-state index in [1.165, 1.54) is 11.9 Å². The highest BCUT2D eigenvalue weighted by Crippen LogP contribution is 2.08. The van der Waals surface area contributed by atoms with Gasteiger partial charge in [-0.05, 0) is 19.1 Å². The fraction of sp³-hybridized carbons (Fsp3) is 0.250. The van der Waals surface area contributed by atoms with Crippen molar-refractivity contribution in [2.75, 3.05) is 5.32 Å². The van der Waals surface area contributed by atoms with Gasteiger partial charge in [0, 0.05) is 12.1 Å². The summed E-state index contributed by atoms with van der Waals surface area (Å²) in [7, 11) is 0. The van der Waals surface area contributed by atoms with E-state index in [-0.39, 0.29) is 5.91 Å². The summed E-state index contributed by atoms with van der Waals surface area (Å²) in [6.07, 6.45) is 3.44. The number of nitrogens with one attached hydrogen (secondary N) is 1.